The van der Waals surface area contributed by atoms with E-state index in [9.17, 15) is 9.59 Å². The molecule has 4 heterocycles. The minimum atomic E-state index is -0.485. The third kappa shape index (κ3) is 3.56. The van der Waals surface area contributed by atoms with Crippen LogP contribution < -0.4 is 11.2 Å². The number of carbonyl (C=O) groups is 1. The van der Waals surface area contributed by atoms with Crippen molar-refractivity contribution in [2.75, 3.05) is 6.61 Å². The maximum Gasteiger partial charge on any atom is 0.331 e. The molecule has 0 aromatic carbocycles. The third-order valence-electron chi connectivity index (χ3n) is 4.97. The minimum absolute atomic E-state index is 0.119. The van der Waals surface area contributed by atoms with Crippen molar-refractivity contribution in [2.45, 2.75) is 52.5 Å². The van der Waals surface area contributed by atoms with Crippen LogP contribution in [0.2, 0.25) is 0 Å². The van der Waals surface area contributed by atoms with Gasteiger partial charge in [-0.15, -0.1) is 11.3 Å². The topological polar surface area (TPSA) is 99.5 Å². The number of ether oxygens (including phenoxy) is 2. The Bertz CT molecular complexity index is 1180. The van der Waals surface area contributed by atoms with Gasteiger partial charge in [0.1, 0.15) is 22.6 Å². The highest BCUT2D eigenvalue weighted by Gasteiger charge is 2.31. The van der Waals surface area contributed by atoms with Crippen molar-refractivity contribution in [1.29, 1.82) is 5.41 Å². The van der Waals surface area contributed by atoms with E-state index in [-0.39, 0.29) is 30.8 Å². The SMILES string of the molecule is CCOC(=O)Cn1c(=O)n(Cc2ccco2)c(=N)c2c3c(sc21)COC(C)(C)C3. The summed E-state index contributed by atoms with van der Waals surface area (Å²) in [6.07, 6.45) is 2.16. The maximum atomic E-state index is 13.2. The van der Waals surface area contributed by atoms with Gasteiger partial charge in [0.05, 0.1) is 37.0 Å². The van der Waals surface area contributed by atoms with Gasteiger partial charge in [0, 0.05) is 11.3 Å². The van der Waals surface area contributed by atoms with E-state index in [0.717, 1.165) is 10.4 Å². The van der Waals surface area contributed by atoms with E-state index >= 15 is 0 Å². The average Bonchev–Trinajstić information content (AvgIpc) is 3.29. The molecule has 0 saturated heterocycles. The number of nitrogens with zero attached hydrogens (tertiary/aromatic N) is 2. The number of furan rings is 1. The molecule has 0 saturated carbocycles. The number of hydrogen-bond donors (Lipinski definition) is 1. The number of nitrogens with one attached hydrogen (secondary N) is 1. The Labute approximate surface area is 170 Å². The second-order valence-corrected chi connectivity index (χ2v) is 8.68. The smallest absolute Gasteiger partial charge is 0.331 e. The zero-order valence-corrected chi connectivity index (χ0v) is 17.4. The molecule has 3 aromatic heterocycles. The van der Waals surface area contributed by atoms with Gasteiger partial charge in [-0.05, 0) is 38.5 Å². The summed E-state index contributed by atoms with van der Waals surface area (Å²) >= 11 is 1.41. The lowest BCUT2D eigenvalue weighted by Gasteiger charge is -2.30. The highest BCUT2D eigenvalue weighted by Crippen LogP contribution is 2.37. The van der Waals surface area contributed by atoms with Gasteiger partial charge in [-0.3, -0.25) is 19.3 Å². The molecule has 9 heteroatoms. The van der Waals surface area contributed by atoms with Gasteiger partial charge in [-0.25, -0.2) is 4.79 Å². The van der Waals surface area contributed by atoms with Gasteiger partial charge in [0.25, 0.3) is 0 Å². The quantitative estimate of drug-likeness (QED) is 0.643. The predicted molar refractivity (Wildman–Crippen MR) is 107 cm³/mol. The Balaban J connectivity index is 1.96. The maximum absolute atomic E-state index is 13.2. The third-order valence-corrected chi connectivity index (χ3v) is 6.20. The molecule has 0 radical (unpaired) electrons. The lowest BCUT2D eigenvalue weighted by Crippen LogP contribution is -2.41. The standard InChI is InChI=1S/C20H23N3O5S/c1-4-26-15(24)10-23-18-16(13-8-20(2,3)28-11-14(13)29-18)17(21)22(19(23)25)9-12-6-5-7-27-12/h5-7,21H,4,8-11H2,1-3H3. The van der Waals surface area contributed by atoms with Crippen molar-refractivity contribution in [3.05, 3.63) is 50.6 Å². The first-order valence-corrected chi connectivity index (χ1v) is 10.3. The summed E-state index contributed by atoms with van der Waals surface area (Å²) in [5, 5.41) is 9.48. The summed E-state index contributed by atoms with van der Waals surface area (Å²) in [6, 6.07) is 3.49. The zero-order chi connectivity index (χ0) is 20.8. The second kappa shape index (κ2) is 7.31. The van der Waals surface area contributed by atoms with Gasteiger partial charge >= 0.3 is 11.7 Å². The van der Waals surface area contributed by atoms with Crippen LogP contribution in [0.5, 0.6) is 0 Å². The van der Waals surface area contributed by atoms with Crippen molar-refractivity contribution < 1.29 is 18.7 Å². The van der Waals surface area contributed by atoms with Crippen LogP contribution in [0.15, 0.2) is 27.6 Å². The van der Waals surface area contributed by atoms with Crippen LogP contribution in [-0.4, -0.2) is 27.3 Å². The van der Waals surface area contributed by atoms with Crippen LogP contribution >= 0.6 is 11.3 Å². The van der Waals surface area contributed by atoms with Crippen LogP contribution in [0.4, 0.5) is 0 Å². The lowest BCUT2D eigenvalue weighted by atomic mass is 9.94. The molecule has 0 fully saturated rings. The molecular weight excluding hydrogens is 394 g/mol. The van der Waals surface area contributed by atoms with Crippen molar-refractivity contribution >= 4 is 27.5 Å². The number of esters is 1. The minimum Gasteiger partial charge on any atom is -0.467 e. The summed E-state index contributed by atoms with van der Waals surface area (Å²) in [7, 11) is 0. The van der Waals surface area contributed by atoms with Crippen LogP contribution in [0.3, 0.4) is 0 Å². The van der Waals surface area contributed by atoms with E-state index in [1.807, 2.05) is 13.8 Å². The Hall–Kier alpha value is -2.65. The van der Waals surface area contributed by atoms with Crippen LogP contribution in [-0.2, 0) is 40.4 Å². The van der Waals surface area contributed by atoms with Crippen molar-refractivity contribution in [3.63, 3.8) is 0 Å². The number of thiophene rings is 1. The van der Waals surface area contributed by atoms with E-state index in [0.29, 0.717) is 29.0 Å². The van der Waals surface area contributed by atoms with Gasteiger partial charge < -0.3 is 13.9 Å². The first-order chi connectivity index (χ1) is 13.8. The van der Waals surface area contributed by atoms with Crippen molar-refractivity contribution in [2.24, 2.45) is 0 Å². The molecule has 0 bridgehead atoms. The lowest BCUT2D eigenvalue weighted by molar-refractivity contribution is -0.143. The highest BCUT2D eigenvalue weighted by molar-refractivity contribution is 7.18. The van der Waals surface area contributed by atoms with E-state index in [1.165, 1.54) is 26.7 Å². The molecule has 0 atom stereocenters. The predicted octanol–water partition coefficient (Wildman–Crippen LogP) is 2.40. The number of rotatable bonds is 5. The summed E-state index contributed by atoms with van der Waals surface area (Å²) in [5.41, 5.74) is 0.334. The number of hydrogen-bond acceptors (Lipinski definition) is 7. The molecule has 1 aliphatic rings. The Morgan fingerprint density at radius 1 is 1.38 bits per heavy atom. The fourth-order valence-corrected chi connectivity index (χ4v) is 4.84. The van der Waals surface area contributed by atoms with Crippen LogP contribution in [0.25, 0.3) is 10.2 Å². The largest absolute Gasteiger partial charge is 0.467 e. The number of aromatic nitrogens is 2. The van der Waals surface area contributed by atoms with Crippen molar-refractivity contribution in [3.8, 4) is 0 Å². The molecule has 0 unspecified atom stereocenters. The highest BCUT2D eigenvalue weighted by atomic mass is 32.1. The van der Waals surface area contributed by atoms with Gasteiger partial charge in [-0.2, -0.15) is 0 Å². The van der Waals surface area contributed by atoms with Crippen molar-refractivity contribution in [1.82, 2.24) is 9.13 Å². The van der Waals surface area contributed by atoms with E-state index in [2.05, 4.69) is 0 Å². The van der Waals surface area contributed by atoms with Gasteiger partial charge in [-0.1, -0.05) is 0 Å². The molecule has 0 spiro atoms. The summed E-state index contributed by atoms with van der Waals surface area (Å²) < 4.78 is 19.1. The first-order valence-electron chi connectivity index (χ1n) is 9.45. The molecule has 4 rings (SSSR count). The summed E-state index contributed by atoms with van der Waals surface area (Å²) in [6.45, 7) is 6.32. The normalized spacial score (nSPS) is 15.4. The fraction of sp³-hybridized carbons (Fsp3) is 0.450. The van der Waals surface area contributed by atoms with E-state index in [1.54, 1.807) is 19.1 Å². The molecule has 29 heavy (non-hydrogen) atoms. The van der Waals surface area contributed by atoms with E-state index < -0.39 is 11.7 Å². The van der Waals surface area contributed by atoms with Crippen LogP contribution in [0, 0.1) is 5.41 Å². The molecule has 3 aromatic rings. The molecule has 1 aliphatic heterocycles. The number of carbonyl (C=O) groups excluding carboxylic acids is 1. The Morgan fingerprint density at radius 3 is 2.86 bits per heavy atom. The Kier molecular flexibility index (Phi) is 4.95. The number of fused-ring (bicyclic) bond motifs is 3. The average molecular weight is 417 g/mol. The second-order valence-electron chi connectivity index (χ2n) is 7.60. The Morgan fingerprint density at radius 2 is 2.17 bits per heavy atom. The first kappa shape index (κ1) is 19.7. The zero-order valence-electron chi connectivity index (χ0n) is 16.6. The summed E-state index contributed by atoms with van der Waals surface area (Å²) in [5.74, 6) is 0.0801. The molecular formula is C20H23N3O5S. The molecule has 0 aliphatic carbocycles. The monoisotopic (exact) mass is 417 g/mol. The van der Waals surface area contributed by atoms with E-state index in [4.69, 9.17) is 19.3 Å². The molecule has 8 nitrogen and oxygen atoms in total. The van der Waals surface area contributed by atoms with Gasteiger partial charge in [0.2, 0.25) is 0 Å². The van der Waals surface area contributed by atoms with Gasteiger partial charge in [0.15, 0.2) is 0 Å². The molecule has 0 amide bonds. The molecule has 1 N–H and O–H groups in total. The molecule has 154 valence electrons. The fourth-order valence-electron chi connectivity index (χ4n) is 3.62. The summed E-state index contributed by atoms with van der Waals surface area (Å²) in [4.78, 5) is 27.0. The van der Waals surface area contributed by atoms with Crippen LogP contribution in [0.1, 0.15) is 37.0 Å².